The van der Waals surface area contributed by atoms with Gasteiger partial charge in [-0.15, -0.1) is 0 Å². The molecule has 1 heterocycles. The summed E-state index contributed by atoms with van der Waals surface area (Å²) in [7, 11) is 3.26. The van der Waals surface area contributed by atoms with Gasteiger partial charge in [0.2, 0.25) is 0 Å². The summed E-state index contributed by atoms with van der Waals surface area (Å²) in [4.78, 5) is 0. The van der Waals surface area contributed by atoms with Crippen molar-refractivity contribution in [3.8, 4) is 11.5 Å². The highest BCUT2D eigenvalue weighted by molar-refractivity contribution is 5.42. The third-order valence-corrected chi connectivity index (χ3v) is 3.62. The Bertz CT molecular complexity index is 389. The zero-order valence-electron chi connectivity index (χ0n) is 11.1. The molecule has 1 aromatic carbocycles. The van der Waals surface area contributed by atoms with Gasteiger partial charge in [0.05, 0.1) is 20.8 Å². The zero-order valence-corrected chi connectivity index (χ0v) is 11.1. The second kappa shape index (κ2) is 6.07. The van der Waals surface area contributed by atoms with Crippen LogP contribution in [0.25, 0.3) is 0 Å². The Morgan fingerprint density at radius 3 is 2.72 bits per heavy atom. The van der Waals surface area contributed by atoms with E-state index >= 15 is 0 Å². The molecule has 4 heteroatoms. The zero-order chi connectivity index (χ0) is 13.0. The van der Waals surface area contributed by atoms with Crippen molar-refractivity contribution in [1.82, 2.24) is 0 Å². The van der Waals surface area contributed by atoms with Crippen molar-refractivity contribution in [2.24, 2.45) is 0 Å². The van der Waals surface area contributed by atoms with Crippen LogP contribution in [0, 0.1) is 0 Å². The second-order valence-electron chi connectivity index (χ2n) is 4.74. The molecular weight excluding hydrogens is 230 g/mol. The van der Waals surface area contributed by atoms with Crippen LogP contribution in [0.3, 0.4) is 0 Å². The molecule has 0 saturated carbocycles. The van der Waals surface area contributed by atoms with E-state index in [1.807, 2.05) is 18.2 Å². The first-order valence-corrected chi connectivity index (χ1v) is 6.49. The largest absolute Gasteiger partial charge is 0.497 e. The molecule has 1 aliphatic heterocycles. The predicted octanol–water partition coefficient (Wildman–Crippen LogP) is 0.853. The topological polar surface area (TPSA) is 55.3 Å². The van der Waals surface area contributed by atoms with Gasteiger partial charge in [-0.1, -0.05) is 0 Å². The molecule has 1 fully saturated rings. The molecule has 1 aromatic rings. The minimum Gasteiger partial charge on any atom is -0.497 e. The lowest BCUT2D eigenvalue weighted by atomic mass is 9.94. The Morgan fingerprint density at radius 1 is 1.28 bits per heavy atom. The first-order chi connectivity index (χ1) is 8.76. The van der Waals surface area contributed by atoms with Gasteiger partial charge in [0, 0.05) is 12.0 Å². The number of aliphatic hydroxyl groups excluding tert-OH is 1. The minimum absolute atomic E-state index is 0.222. The lowest BCUT2D eigenvalue weighted by molar-refractivity contribution is -0.705. The van der Waals surface area contributed by atoms with Crippen LogP contribution in [0.5, 0.6) is 11.5 Å². The molecule has 0 aromatic heterocycles. The molecule has 100 valence electrons. The second-order valence-corrected chi connectivity index (χ2v) is 4.74. The maximum absolute atomic E-state index is 10.5. The Morgan fingerprint density at radius 2 is 2.11 bits per heavy atom. The van der Waals surface area contributed by atoms with Crippen LogP contribution >= 0.6 is 0 Å². The number of quaternary nitrogens is 1. The van der Waals surface area contributed by atoms with Crippen molar-refractivity contribution < 1.29 is 19.9 Å². The van der Waals surface area contributed by atoms with Gasteiger partial charge in [0.25, 0.3) is 0 Å². The highest BCUT2D eigenvalue weighted by atomic mass is 16.5. The fourth-order valence-electron chi connectivity index (χ4n) is 2.56. The van der Waals surface area contributed by atoms with Crippen molar-refractivity contribution in [3.63, 3.8) is 0 Å². The predicted molar refractivity (Wildman–Crippen MR) is 68.9 cm³/mol. The molecule has 2 rings (SSSR count). The van der Waals surface area contributed by atoms with E-state index in [2.05, 4.69) is 5.32 Å². The quantitative estimate of drug-likeness (QED) is 0.835. The van der Waals surface area contributed by atoms with Crippen LogP contribution in [0.15, 0.2) is 18.2 Å². The summed E-state index contributed by atoms with van der Waals surface area (Å²) in [5, 5.41) is 12.7. The van der Waals surface area contributed by atoms with E-state index in [0.717, 1.165) is 30.0 Å². The van der Waals surface area contributed by atoms with Crippen molar-refractivity contribution in [2.75, 3.05) is 20.8 Å². The highest BCUT2D eigenvalue weighted by Crippen LogP contribution is 2.31. The van der Waals surface area contributed by atoms with Crippen LogP contribution in [-0.4, -0.2) is 31.9 Å². The molecular formula is C14H22NO3+. The maximum atomic E-state index is 10.5. The van der Waals surface area contributed by atoms with E-state index in [0.29, 0.717) is 0 Å². The molecule has 0 spiro atoms. The SMILES string of the molecule is COc1ccc(OC)c([C@H](O)[C@H]2CCCC[NH2+]2)c1. The molecule has 0 radical (unpaired) electrons. The van der Waals surface area contributed by atoms with Gasteiger partial charge in [-0.2, -0.15) is 0 Å². The van der Waals surface area contributed by atoms with Crippen LogP contribution in [0.1, 0.15) is 30.9 Å². The standard InChI is InChI=1S/C14H21NO3/c1-17-10-6-7-13(18-2)11(9-10)14(16)12-5-3-4-8-15-12/h6-7,9,12,14-16H,3-5,8H2,1-2H3/p+1/t12-,14+/m1/s1. The van der Waals surface area contributed by atoms with Crippen molar-refractivity contribution >= 4 is 0 Å². The van der Waals surface area contributed by atoms with Gasteiger partial charge in [0.1, 0.15) is 23.6 Å². The minimum atomic E-state index is -0.504. The average molecular weight is 252 g/mol. The fourth-order valence-corrected chi connectivity index (χ4v) is 2.56. The molecule has 1 aliphatic rings. The third-order valence-electron chi connectivity index (χ3n) is 3.62. The molecule has 3 N–H and O–H groups in total. The van der Waals surface area contributed by atoms with Crippen molar-refractivity contribution in [3.05, 3.63) is 23.8 Å². The van der Waals surface area contributed by atoms with Crippen LogP contribution in [0.4, 0.5) is 0 Å². The summed E-state index contributed by atoms with van der Waals surface area (Å²) in [6, 6.07) is 5.78. The summed E-state index contributed by atoms with van der Waals surface area (Å²) < 4.78 is 10.5. The number of aliphatic hydroxyl groups is 1. The summed E-state index contributed by atoms with van der Waals surface area (Å²) in [6.45, 7) is 1.09. The van der Waals surface area contributed by atoms with Crippen LogP contribution in [0.2, 0.25) is 0 Å². The summed E-state index contributed by atoms with van der Waals surface area (Å²) >= 11 is 0. The maximum Gasteiger partial charge on any atom is 0.134 e. The number of hydrogen-bond donors (Lipinski definition) is 2. The van der Waals surface area contributed by atoms with Gasteiger partial charge in [-0.25, -0.2) is 0 Å². The smallest absolute Gasteiger partial charge is 0.134 e. The van der Waals surface area contributed by atoms with Gasteiger partial charge < -0.3 is 19.9 Å². The molecule has 1 saturated heterocycles. The lowest BCUT2D eigenvalue weighted by Gasteiger charge is -2.26. The number of ether oxygens (including phenoxy) is 2. The Kier molecular flexibility index (Phi) is 4.44. The van der Waals surface area contributed by atoms with Gasteiger partial charge in [-0.05, 0) is 31.0 Å². The Hall–Kier alpha value is -1.26. The van der Waals surface area contributed by atoms with E-state index in [4.69, 9.17) is 9.47 Å². The first-order valence-electron chi connectivity index (χ1n) is 6.49. The normalized spacial score (nSPS) is 21.4. The van der Waals surface area contributed by atoms with Gasteiger partial charge >= 0.3 is 0 Å². The number of hydrogen-bond acceptors (Lipinski definition) is 3. The van der Waals surface area contributed by atoms with Crippen molar-refractivity contribution in [2.45, 2.75) is 31.4 Å². The molecule has 0 amide bonds. The van der Waals surface area contributed by atoms with Crippen LogP contribution in [-0.2, 0) is 0 Å². The van der Waals surface area contributed by atoms with E-state index in [-0.39, 0.29) is 6.04 Å². The highest BCUT2D eigenvalue weighted by Gasteiger charge is 2.28. The molecule has 2 atom stereocenters. The van der Waals surface area contributed by atoms with Gasteiger partial charge in [0.15, 0.2) is 0 Å². The lowest BCUT2D eigenvalue weighted by Crippen LogP contribution is -2.92. The van der Waals surface area contributed by atoms with Crippen LogP contribution < -0.4 is 14.8 Å². The number of methoxy groups -OCH3 is 2. The van der Waals surface area contributed by atoms with Crippen molar-refractivity contribution in [1.29, 1.82) is 0 Å². The van der Waals surface area contributed by atoms with E-state index in [1.165, 1.54) is 12.8 Å². The molecule has 0 bridgehead atoms. The Balaban J connectivity index is 2.23. The first kappa shape index (κ1) is 13.2. The Labute approximate surface area is 108 Å². The van der Waals surface area contributed by atoms with Gasteiger partial charge in [-0.3, -0.25) is 0 Å². The number of piperidine rings is 1. The monoisotopic (exact) mass is 252 g/mol. The third kappa shape index (κ3) is 2.76. The average Bonchev–Trinajstić information content (AvgIpc) is 2.46. The van der Waals surface area contributed by atoms with E-state index < -0.39 is 6.10 Å². The molecule has 4 nitrogen and oxygen atoms in total. The number of rotatable bonds is 4. The molecule has 0 unspecified atom stereocenters. The molecule has 0 aliphatic carbocycles. The van der Waals surface area contributed by atoms with E-state index in [9.17, 15) is 5.11 Å². The summed E-state index contributed by atoms with van der Waals surface area (Å²) in [6.07, 6.45) is 2.96. The fraction of sp³-hybridized carbons (Fsp3) is 0.571. The molecule has 18 heavy (non-hydrogen) atoms. The van der Waals surface area contributed by atoms with E-state index in [1.54, 1.807) is 14.2 Å². The number of nitrogens with two attached hydrogens (primary N) is 1. The number of benzene rings is 1. The summed E-state index contributed by atoms with van der Waals surface area (Å²) in [5.74, 6) is 1.47. The summed E-state index contributed by atoms with van der Waals surface area (Å²) in [5.41, 5.74) is 0.819.